The second-order valence-corrected chi connectivity index (χ2v) is 5.11. The summed E-state index contributed by atoms with van der Waals surface area (Å²) in [5, 5.41) is 6.65. The quantitative estimate of drug-likeness (QED) is 0.595. The Balaban J connectivity index is 2.55. The van der Waals surface area contributed by atoms with Crippen LogP contribution < -0.4 is 10.6 Å². The predicted octanol–water partition coefficient (Wildman–Crippen LogP) is 2.54. The number of rotatable bonds is 7. The molecule has 0 radical (unpaired) electrons. The molecule has 1 rings (SSSR count). The maximum atomic E-state index is 5.50. The molecule has 4 heteroatoms. The van der Waals surface area contributed by atoms with Crippen molar-refractivity contribution in [2.24, 2.45) is 10.9 Å². The standard InChI is InChI=1S/C16H27N3O/c1-5-20-12-15-9-7-6-8-14(15)11-19-16(17-4)18-10-13(2)3/h6-9,13H,5,10-12H2,1-4H3,(H2,17,18,19). The minimum atomic E-state index is 0.596. The summed E-state index contributed by atoms with van der Waals surface area (Å²) >= 11 is 0. The number of benzene rings is 1. The molecule has 0 saturated heterocycles. The summed E-state index contributed by atoms with van der Waals surface area (Å²) in [5.74, 6) is 1.43. The molecule has 0 aliphatic rings. The number of guanidine groups is 1. The highest BCUT2D eigenvalue weighted by Gasteiger charge is 2.04. The van der Waals surface area contributed by atoms with E-state index in [0.29, 0.717) is 12.5 Å². The van der Waals surface area contributed by atoms with Crippen LogP contribution in [0.25, 0.3) is 0 Å². The van der Waals surface area contributed by atoms with E-state index in [1.54, 1.807) is 7.05 Å². The Hall–Kier alpha value is -1.55. The van der Waals surface area contributed by atoms with Gasteiger partial charge in [-0.2, -0.15) is 0 Å². The Kier molecular flexibility index (Phi) is 7.73. The van der Waals surface area contributed by atoms with Gasteiger partial charge in [0.15, 0.2) is 5.96 Å². The molecule has 0 atom stereocenters. The summed E-state index contributed by atoms with van der Waals surface area (Å²) in [6.45, 7) is 9.43. The Morgan fingerprint density at radius 2 is 1.90 bits per heavy atom. The lowest BCUT2D eigenvalue weighted by Crippen LogP contribution is -2.38. The van der Waals surface area contributed by atoms with E-state index < -0.39 is 0 Å². The van der Waals surface area contributed by atoms with E-state index in [9.17, 15) is 0 Å². The van der Waals surface area contributed by atoms with Gasteiger partial charge in [-0.25, -0.2) is 0 Å². The van der Waals surface area contributed by atoms with Crippen LogP contribution in [-0.2, 0) is 17.9 Å². The molecular formula is C16H27N3O. The van der Waals surface area contributed by atoms with E-state index in [2.05, 4.69) is 47.7 Å². The van der Waals surface area contributed by atoms with Crippen LogP contribution in [0, 0.1) is 5.92 Å². The van der Waals surface area contributed by atoms with Crippen molar-refractivity contribution in [3.8, 4) is 0 Å². The fourth-order valence-corrected chi connectivity index (χ4v) is 1.78. The highest BCUT2D eigenvalue weighted by Crippen LogP contribution is 2.09. The van der Waals surface area contributed by atoms with Crippen molar-refractivity contribution < 1.29 is 4.74 Å². The SMILES string of the molecule is CCOCc1ccccc1CNC(=NC)NCC(C)C. The average molecular weight is 277 g/mol. The van der Waals surface area contributed by atoms with Crippen LogP contribution in [-0.4, -0.2) is 26.2 Å². The van der Waals surface area contributed by atoms with E-state index in [4.69, 9.17) is 4.74 Å². The van der Waals surface area contributed by atoms with Crippen molar-refractivity contribution in [1.29, 1.82) is 0 Å². The monoisotopic (exact) mass is 277 g/mol. The maximum absolute atomic E-state index is 5.50. The number of nitrogens with zero attached hydrogens (tertiary/aromatic N) is 1. The maximum Gasteiger partial charge on any atom is 0.191 e. The van der Waals surface area contributed by atoms with Gasteiger partial charge in [0, 0.05) is 26.7 Å². The van der Waals surface area contributed by atoms with Crippen molar-refractivity contribution in [3.63, 3.8) is 0 Å². The Bertz CT molecular complexity index is 416. The van der Waals surface area contributed by atoms with Gasteiger partial charge in [-0.1, -0.05) is 38.1 Å². The highest BCUT2D eigenvalue weighted by atomic mass is 16.5. The fourth-order valence-electron chi connectivity index (χ4n) is 1.78. The first kappa shape index (κ1) is 16.5. The lowest BCUT2D eigenvalue weighted by molar-refractivity contribution is 0.133. The van der Waals surface area contributed by atoms with Gasteiger partial charge in [-0.3, -0.25) is 4.99 Å². The van der Waals surface area contributed by atoms with Crippen LogP contribution in [0.5, 0.6) is 0 Å². The van der Waals surface area contributed by atoms with Crippen LogP contribution in [0.1, 0.15) is 31.9 Å². The molecule has 0 saturated carbocycles. The third-order valence-corrected chi connectivity index (χ3v) is 2.93. The number of aliphatic imine (C=N–C) groups is 1. The lowest BCUT2D eigenvalue weighted by atomic mass is 10.1. The second kappa shape index (κ2) is 9.37. The van der Waals surface area contributed by atoms with Gasteiger partial charge in [0.2, 0.25) is 0 Å². The van der Waals surface area contributed by atoms with Crippen molar-refractivity contribution in [3.05, 3.63) is 35.4 Å². The molecular weight excluding hydrogens is 250 g/mol. The molecule has 0 fully saturated rings. The number of nitrogens with one attached hydrogen (secondary N) is 2. The van der Waals surface area contributed by atoms with Crippen LogP contribution in [0.3, 0.4) is 0 Å². The summed E-state index contributed by atoms with van der Waals surface area (Å²) in [6, 6.07) is 8.33. The second-order valence-electron chi connectivity index (χ2n) is 5.11. The Morgan fingerprint density at radius 3 is 2.50 bits per heavy atom. The molecule has 2 N–H and O–H groups in total. The molecule has 0 aromatic heterocycles. The highest BCUT2D eigenvalue weighted by molar-refractivity contribution is 5.79. The minimum absolute atomic E-state index is 0.596. The molecule has 0 amide bonds. The zero-order chi connectivity index (χ0) is 14.8. The topological polar surface area (TPSA) is 45.6 Å². The summed E-state index contributed by atoms with van der Waals surface area (Å²) in [4.78, 5) is 4.23. The molecule has 0 spiro atoms. The van der Waals surface area contributed by atoms with Gasteiger partial charge in [-0.05, 0) is 24.0 Å². The van der Waals surface area contributed by atoms with Gasteiger partial charge in [0.05, 0.1) is 6.61 Å². The molecule has 0 unspecified atom stereocenters. The largest absolute Gasteiger partial charge is 0.377 e. The number of ether oxygens (including phenoxy) is 1. The average Bonchev–Trinajstić information content (AvgIpc) is 2.46. The number of hydrogen-bond donors (Lipinski definition) is 2. The first-order valence-corrected chi connectivity index (χ1v) is 7.26. The van der Waals surface area contributed by atoms with Crippen molar-refractivity contribution in [2.45, 2.75) is 33.9 Å². The van der Waals surface area contributed by atoms with Gasteiger partial charge >= 0.3 is 0 Å². The summed E-state index contributed by atoms with van der Waals surface area (Å²) in [5.41, 5.74) is 2.47. The first-order chi connectivity index (χ1) is 9.67. The van der Waals surface area contributed by atoms with Gasteiger partial charge < -0.3 is 15.4 Å². The van der Waals surface area contributed by atoms with Crippen molar-refractivity contribution in [2.75, 3.05) is 20.2 Å². The van der Waals surface area contributed by atoms with Crippen LogP contribution in [0.15, 0.2) is 29.3 Å². The smallest absolute Gasteiger partial charge is 0.191 e. The third-order valence-electron chi connectivity index (χ3n) is 2.93. The molecule has 1 aromatic rings. The normalized spacial score (nSPS) is 11.8. The molecule has 1 aromatic carbocycles. The van der Waals surface area contributed by atoms with Crippen LogP contribution >= 0.6 is 0 Å². The summed E-state index contributed by atoms with van der Waals surface area (Å²) < 4.78 is 5.50. The zero-order valence-corrected chi connectivity index (χ0v) is 13.1. The van der Waals surface area contributed by atoms with Crippen molar-refractivity contribution >= 4 is 5.96 Å². The van der Waals surface area contributed by atoms with Crippen LogP contribution in [0.2, 0.25) is 0 Å². The molecule has 0 aliphatic carbocycles. The molecule has 4 nitrogen and oxygen atoms in total. The molecule has 0 aliphatic heterocycles. The lowest BCUT2D eigenvalue weighted by Gasteiger charge is -2.15. The van der Waals surface area contributed by atoms with E-state index in [0.717, 1.165) is 25.7 Å². The van der Waals surface area contributed by atoms with Gasteiger partial charge in [0.1, 0.15) is 0 Å². The summed E-state index contributed by atoms with van der Waals surface area (Å²) in [7, 11) is 1.79. The predicted molar refractivity (Wildman–Crippen MR) is 84.8 cm³/mol. The minimum Gasteiger partial charge on any atom is -0.377 e. The Morgan fingerprint density at radius 1 is 1.20 bits per heavy atom. The summed E-state index contributed by atoms with van der Waals surface area (Å²) in [6.07, 6.45) is 0. The van der Waals surface area contributed by atoms with Gasteiger partial charge in [0.25, 0.3) is 0 Å². The van der Waals surface area contributed by atoms with Crippen LogP contribution in [0.4, 0.5) is 0 Å². The first-order valence-electron chi connectivity index (χ1n) is 7.26. The fraction of sp³-hybridized carbons (Fsp3) is 0.562. The molecule has 0 bridgehead atoms. The van der Waals surface area contributed by atoms with E-state index in [1.165, 1.54) is 11.1 Å². The molecule has 20 heavy (non-hydrogen) atoms. The zero-order valence-electron chi connectivity index (χ0n) is 13.1. The van der Waals surface area contributed by atoms with E-state index >= 15 is 0 Å². The van der Waals surface area contributed by atoms with Gasteiger partial charge in [-0.15, -0.1) is 0 Å². The molecule has 112 valence electrons. The Labute approximate surface area is 122 Å². The van der Waals surface area contributed by atoms with E-state index in [1.807, 2.05) is 13.0 Å². The molecule has 0 heterocycles. The van der Waals surface area contributed by atoms with E-state index in [-0.39, 0.29) is 0 Å². The third kappa shape index (κ3) is 6.06. The number of hydrogen-bond acceptors (Lipinski definition) is 2. The van der Waals surface area contributed by atoms with Crippen molar-refractivity contribution in [1.82, 2.24) is 10.6 Å².